The van der Waals surface area contributed by atoms with Crippen molar-refractivity contribution in [2.24, 2.45) is 13.0 Å². The molecule has 4 rings (SSSR count). The lowest BCUT2D eigenvalue weighted by Crippen LogP contribution is -2.56. The number of rotatable bonds is 7. The van der Waals surface area contributed by atoms with Crippen molar-refractivity contribution in [2.45, 2.75) is 51.6 Å². The van der Waals surface area contributed by atoms with Gasteiger partial charge >= 0.3 is 6.03 Å². The Hall–Kier alpha value is -3.11. The summed E-state index contributed by atoms with van der Waals surface area (Å²) in [6.45, 7) is 6.61. The van der Waals surface area contributed by atoms with Gasteiger partial charge in [0, 0.05) is 24.8 Å². The van der Waals surface area contributed by atoms with Gasteiger partial charge in [0.15, 0.2) is 0 Å². The van der Waals surface area contributed by atoms with Gasteiger partial charge in [0.2, 0.25) is 0 Å². The van der Waals surface area contributed by atoms with E-state index in [9.17, 15) is 9.59 Å². The van der Waals surface area contributed by atoms with Gasteiger partial charge < -0.3 is 5.32 Å². The van der Waals surface area contributed by atoms with Crippen molar-refractivity contribution >= 4 is 11.9 Å². The molecule has 3 amide bonds. The second-order valence-corrected chi connectivity index (χ2v) is 9.13. The number of carbonyl (C=O) groups excluding carboxylic acids is 2. The highest BCUT2D eigenvalue weighted by Crippen LogP contribution is 2.37. The molecule has 2 aliphatic rings. The molecule has 1 N–H and O–H groups in total. The maximum Gasteiger partial charge on any atom is 0.325 e. The third-order valence-electron chi connectivity index (χ3n) is 7.28. The summed E-state index contributed by atoms with van der Waals surface area (Å²) in [6.07, 6.45) is 5.02. The maximum absolute atomic E-state index is 13.6. The highest BCUT2D eigenvalue weighted by atomic mass is 16.2. The molecule has 2 aliphatic heterocycles. The van der Waals surface area contributed by atoms with Crippen LogP contribution in [-0.4, -0.2) is 56.7 Å². The van der Waals surface area contributed by atoms with Crippen molar-refractivity contribution in [3.8, 4) is 11.8 Å². The second-order valence-electron chi connectivity index (χ2n) is 9.13. The maximum atomic E-state index is 13.6. The van der Waals surface area contributed by atoms with Gasteiger partial charge in [-0.05, 0) is 64.1 Å². The van der Waals surface area contributed by atoms with Gasteiger partial charge in [0.25, 0.3) is 5.91 Å². The molecular weight excluding hydrogens is 414 g/mol. The first-order chi connectivity index (χ1) is 15.9. The molecule has 7 nitrogen and oxygen atoms in total. The number of piperidine rings is 1. The van der Waals surface area contributed by atoms with Crippen LogP contribution in [0.1, 0.15) is 43.0 Å². The number of imide groups is 1. The standard InChI is InChI=1S/C26H33N5O2/c1-4-5-15-31-24(32)26(28-25(31)33,14-11-21-9-7-6-8-10-21)23-12-16-30(17-13-23)19-22-18-27-29(3)20(22)2/h6-10,18,23H,11-17,19H2,1-3H3,(H,28,33)/t26-/m0/s1. The Morgan fingerprint density at radius 1 is 1.18 bits per heavy atom. The molecular formula is C26H33N5O2. The van der Waals surface area contributed by atoms with Gasteiger partial charge in [-0.3, -0.25) is 19.3 Å². The predicted molar refractivity (Wildman–Crippen MR) is 127 cm³/mol. The van der Waals surface area contributed by atoms with Gasteiger partial charge in [-0.15, -0.1) is 5.92 Å². The Morgan fingerprint density at radius 3 is 2.55 bits per heavy atom. The normalized spacial score (nSPS) is 21.7. The summed E-state index contributed by atoms with van der Waals surface area (Å²) in [7, 11) is 1.96. The molecule has 0 spiro atoms. The Kier molecular flexibility index (Phi) is 6.85. The molecule has 2 saturated heterocycles. The molecule has 7 heteroatoms. The number of aromatic nitrogens is 2. The summed E-state index contributed by atoms with van der Waals surface area (Å²) in [5, 5.41) is 7.49. The van der Waals surface area contributed by atoms with Crippen molar-refractivity contribution < 1.29 is 9.59 Å². The highest BCUT2D eigenvalue weighted by molar-refractivity contribution is 6.07. The molecule has 174 valence electrons. The fourth-order valence-electron chi connectivity index (χ4n) is 5.11. The molecule has 0 unspecified atom stereocenters. The average molecular weight is 448 g/mol. The lowest BCUT2D eigenvalue weighted by Gasteiger charge is -2.41. The van der Waals surface area contributed by atoms with E-state index in [1.165, 1.54) is 21.7 Å². The summed E-state index contributed by atoms with van der Waals surface area (Å²) < 4.78 is 1.90. The molecule has 33 heavy (non-hydrogen) atoms. The van der Waals surface area contributed by atoms with E-state index in [4.69, 9.17) is 0 Å². The van der Waals surface area contributed by atoms with Crippen LogP contribution in [0.3, 0.4) is 0 Å². The summed E-state index contributed by atoms with van der Waals surface area (Å²) >= 11 is 0. The van der Waals surface area contributed by atoms with E-state index in [0.717, 1.165) is 38.9 Å². The first-order valence-electron chi connectivity index (χ1n) is 11.7. The third kappa shape index (κ3) is 4.67. The molecule has 3 heterocycles. The SMILES string of the molecule is CC#CCN1C(=O)N[C@@](CCc2ccccc2)(C2CCN(Cc3cnn(C)c3C)CC2)C1=O. The van der Waals surface area contributed by atoms with Crippen molar-refractivity contribution in [3.63, 3.8) is 0 Å². The van der Waals surface area contributed by atoms with E-state index in [-0.39, 0.29) is 24.4 Å². The van der Waals surface area contributed by atoms with E-state index in [1.807, 2.05) is 36.1 Å². The molecule has 0 aliphatic carbocycles. The monoisotopic (exact) mass is 447 g/mol. The van der Waals surface area contributed by atoms with Crippen LogP contribution >= 0.6 is 0 Å². The van der Waals surface area contributed by atoms with Gasteiger partial charge in [0.05, 0.1) is 12.7 Å². The second kappa shape index (κ2) is 9.80. The average Bonchev–Trinajstić information content (AvgIpc) is 3.28. The van der Waals surface area contributed by atoms with Crippen LogP contribution in [0.15, 0.2) is 36.5 Å². The molecule has 1 aromatic carbocycles. The number of amides is 3. The van der Waals surface area contributed by atoms with E-state index in [2.05, 4.69) is 46.2 Å². The molecule has 1 atom stereocenters. The van der Waals surface area contributed by atoms with E-state index >= 15 is 0 Å². The molecule has 0 saturated carbocycles. The van der Waals surface area contributed by atoms with E-state index in [0.29, 0.717) is 6.42 Å². The van der Waals surface area contributed by atoms with Crippen molar-refractivity contribution in [1.29, 1.82) is 0 Å². The van der Waals surface area contributed by atoms with Crippen molar-refractivity contribution in [2.75, 3.05) is 19.6 Å². The zero-order valence-electron chi connectivity index (χ0n) is 19.8. The Morgan fingerprint density at radius 2 is 1.91 bits per heavy atom. The summed E-state index contributed by atoms with van der Waals surface area (Å²) in [5.74, 6) is 5.67. The van der Waals surface area contributed by atoms with Crippen LogP contribution < -0.4 is 5.32 Å². The van der Waals surface area contributed by atoms with Gasteiger partial charge in [0.1, 0.15) is 5.54 Å². The zero-order valence-corrected chi connectivity index (χ0v) is 19.8. The lowest BCUT2D eigenvalue weighted by molar-refractivity contribution is -0.134. The minimum absolute atomic E-state index is 0.100. The van der Waals surface area contributed by atoms with Crippen LogP contribution in [0.25, 0.3) is 0 Å². The number of nitrogens with zero attached hydrogens (tertiary/aromatic N) is 4. The Bertz CT molecular complexity index is 1060. The summed E-state index contributed by atoms with van der Waals surface area (Å²) in [6, 6.07) is 9.86. The smallest absolute Gasteiger partial charge is 0.323 e. The van der Waals surface area contributed by atoms with Crippen LogP contribution in [0, 0.1) is 24.7 Å². The lowest BCUT2D eigenvalue weighted by atomic mass is 9.74. The van der Waals surface area contributed by atoms with Gasteiger partial charge in [-0.25, -0.2) is 4.79 Å². The largest absolute Gasteiger partial charge is 0.325 e. The number of aryl methyl sites for hydroxylation is 2. The van der Waals surface area contributed by atoms with Gasteiger partial charge in [-0.2, -0.15) is 5.10 Å². The summed E-state index contributed by atoms with van der Waals surface area (Å²) in [4.78, 5) is 30.2. The van der Waals surface area contributed by atoms with Crippen LogP contribution in [-0.2, 0) is 24.8 Å². The molecule has 2 fully saturated rings. The summed E-state index contributed by atoms with van der Waals surface area (Å²) in [5.41, 5.74) is 2.74. The number of nitrogens with one attached hydrogen (secondary N) is 1. The topological polar surface area (TPSA) is 70.5 Å². The number of urea groups is 1. The number of benzene rings is 1. The number of hydrogen-bond acceptors (Lipinski definition) is 4. The van der Waals surface area contributed by atoms with Gasteiger partial charge in [-0.1, -0.05) is 36.3 Å². The fraction of sp³-hybridized carbons (Fsp3) is 0.500. The number of hydrogen-bond donors (Lipinski definition) is 1. The first-order valence-corrected chi connectivity index (χ1v) is 11.7. The van der Waals surface area contributed by atoms with Crippen LogP contribution in [0.5, 0.6) is 0 Å². The third-order valence-corrected chi connectivity index (χ3v) is 7.28. The minimum atomic E-state index is -0.862. The van der Waals surface area contributed by atoms with Crippen LogP contribution in [0.4, 0.5) is 4.79 Å². The van der Waals surface area contributed by atoms with Crippen LogP contribution in [0.2, 0.25) is 0 Å². The Balaban J connectivity index is 1.50. The Labute approximate surface area is 196 Å². The first kappa shape index (κ1) is 23.1. The number of carbonyl (C=O) groups is 2. The van der Waals surface area contributed by atoms with E-state index < -0.39 is 5.54 Å². The van der Waals surface area contributed by atoms with Crippen molar-refractivity contribution in [1.82, 2.24) is 24.9 Å². The highest BCUT2D eigenvalue weighted by Gasteiger charge is 2.55. The predicted octanol–water partition coefficient (Wildman–Crippen LogP) is 2.89. The molecule has 0 radical (unpaired) electrons. The van der Waals surface area contributed by atoms with E-state index in [1.54, 1.807) is 6.92 Å². The fourth-order valence-corrected chi connectivity index (χ4v) is 5.11. The molecule has 2 aromatic rings. The molecule has 1 aromatic heterocycles. The quantitative estimate of drug-likeness (QED) is 0.523. The number of likely N-dealkylation sites (tertiary alicyclic amines) is 1. The zero-order chi connectivity index (χ0) is 23.4. The van der Waals surface area contributed by atoms with Crippen molar-refractivity contribution in [3.05, 3.63) is 53.3 Å². The molecule has 0 bridgehead atoms. The minimum Gasteiger partial charge on any atom is -0.323 e.